The molecule has 0 unspecified atom stereocenters. The van der Waals surface area contributed by atoms with Crippen molar-refractivity contribution in [1.82, 2.24) is 0 Å². The fourth-order valence-electron chi connectivity index (χ4n) is 4.31. The van der Waals surface area contributed by atoms with Crippen molar-refractivity contribution in [2.75, 3.05) is 0 Å². The minimum absolute atomic E-state index is 0.574. The van der Waals surface area contributed by atoms with E-state index in [1.807, 2.05) is 48.5 Å². The predicted molar refractivity (Wildman–Crippen MR) is 121 cm³/mol. The van der Waals surface area contributed by atoms with Crippen LogP contribution in [0, 0.1) is 0 Å². The van der Waals surface area contributed by atoms with Crippen LogP contribution in [0.5, 0.6) is 0 Å². The molecule has 0 amide bonds. The highest BCUT2D eigenvalue weighted by Crippen LogP contribution is 2.46. The predicted octanol–water partition coefficient (Wildman–Crippen LogP) is 6.53. The molecular formula is C27H16N2O2. The van der Waals surface area contributed by atoms with E-state index in [1.165, 1.54) is 22.3 Å². The summed E-state index contributed by atoms with van der Waals surface area (Å²) in [5.74, 6) is 0. The highest BCUT2D eigenvalue weighted by Gasteiger charge is 2.24. The molecule has 0 radical (unpaired) electrons. The SMILES string of the molecule is O=C=Nc1ccc(-c2ccc3c(c2-c2ccc(N=C=O)cc2)Cc2ccccc2-3)cc1. The van der Waals surface area contributed by atoms with Gasteiger partial charge >= 0.3 is 0 Å². The number of hydrogen-bond acceptors (Lipinski definition) is 4. The molecule has 0 atom stereocenters. The highest BCUT2D eigenvalue weighted by molar-refractivity contribution is 5.94. The first-order chi connectivity index (χ1) is 15.3. The number of benzene rings is 4. The van der Waals surface area contributed by atoms with Crippen molar-refractivity contribution in [3.8, 4) is 33.4 Å². The molecule has 0 spiro atoms. The molecule has 5 rings (SSSR count). The smallest absolute Gasteiger partial charge is 0.211 e. The molecule has 4 aromatic rings. The lowest BCUT2D eigenvalue weighted by Crippen LogP contribution is -1.93. The largest absolute Gasteiger partial charge is 0.240 e. The second-order valence-electron chi connectivity index (χ2n) is 7.35. The third kappa shape index (κ3) is 3.33. The first kappa shape index (κ1) is 18.7. The van der Waals surface area contributed by atoms with E-state index in [1.54, 1.807) is 12.2 Å². The molecule has 0 saturated heterocycles. The Morgan fingerprint density at radius 1 is 0.581 bits per heavy atom. The molecule has 0 bridgehead atoms. The molecule has 0 aromatic heterocycles. The van der Waals surface area contributed by atoms with Crippen molar-refractivity contribution in [3.63, 3.8) is 0 Å². The molecule has 0 saturated carbocycles. The van der Waals surface area contributed by atoms with Gasteiger partial charge in [0.1, 0.15) is 0 Å². The van der Waals surface area contributed by atoms with Gasteiger partial charge < -0.3 is 0 Å². The third-order valence-corrected chi connectivity index (χ3v) is 5.67. The van der Waals surface area contributed by atoms with Crippen LogP contribution in [0.2, 0.25) is 0 Å². The molecule has 0 fully saturated rings. The summed E-state index contributed by atoms with van der Waals surface area (Å²) in [5.41, 5.74) is 10.6. The van der Waals surface area contributed by atoms with Crippen molar-refractivity contribution < 1.29 is 9.59 Å². The summed E-state index contributed by atoms with van der Waals surface area (Å²) in [7, 11) is 0. The Morgan fingerprint density at radius 3 is 1.81 bits per heavy atom. The van der Waals surface area contributed by atoms with Crippen LogP contribution in [-0.2, 0) is 16.0 Å². The van der Waals surface area contributed by atoms with E-state index in [9.17, 15) is 9.59 Å². The van der Waals surface area contributed by atoms with Crippen LogP contribution in [0.15, 0.2) is 94.9 Å². The Hall–Kier alpha value is -4.36. The van der Waals surface area contributed by atoms with Gasteiger partial charge in [0.2, 0.25) is 12.2 Å². The maximum atomic E-state index is 10.6. The number of isocyanates is 2. The van der Waals surface area contributed by atoms with Gasteiger partial charge in [0.05, 0.1) is 11.4 Å². The molecule has 0 aliphatic heterocycles. The Morgan fingerprint density at radius 2 is 1.16 bits per heavy atom. The van der Waals surface area contributed by atoms with E-state index >= 15 is 0 Å². The van der Waals surface area contributed by atoms with E-state index < -0.39 is 0 Å². The molecule has 0 N–H and O–H groups in total. The highest BCUT2D eigenvalue weighted by atomic mass is 16.1. The summed E-state index contributed by atoms with van der Waals surface area (Å²) in [6, 6.07) is 28.0. The standard InChI is InChI=1S/C27H16N2O2/c30-16-28-21-9-5-18(6-10-21)24-13-14-25-23-4-2-1-3-20(23)15-26(25)27(24)19-7-11-22(12-8-19)29-17-31/h1-14H,15H2. The van der Waals surface area contributed by atoms with E-state index in [0.717, 1.165) is 28.7 Å². The Balaban J connectivity index is 1.72. The molecule has 4 nitrogen and oxygen atoms in total. The molecule has 0 heterocycles. The van der Waals surface area contributed by atoms with E-state index in [4.69, 9.17) is 0 Å². The fraction of sp³-hybridized carbons (Fsp3) is 0.0370. The Bertz CT molecular complexity index is 1390. The number of nitrogens with zero attached hydrogens (tertiary/aromatic N) is 2. The lowest BCUT2D eigenvalue weighted by molar-refractivity contribution is 0.564. The van der Waals surface area contributed by atoms with Crippen molar-refractivity contribution in [2.45, 2.75) is 6.42 Å². The summed E-state index contributed by atoms with van der Waals surface area (Å²) < 4.78 is 0. The van der Waals surface area contributed by atoms with E-state index in [0.29, 0.717) is 11.4 Å². The molecule has 1 aliphatic carbocycles. The van der Waals surface area contributed by atoms with Gasteiger partial charge in [-0.3, -0.25) is 0 Å². The number of rotatable bonds is 4. The molecule has 4 aromatic carbocycles. The summed E-state index contributed by atoms with van der Waals surface area (Å²) in [6.45, 7) is 0. The summed E-state index contributed by atoms with van der Waals surface area (Å²) >= 11 is 0. The van der Waals surface area contributed by atoms with Crippen molar-refractivity contribution in [1.29, 1.82) is 0 Å². The van der Waals surface area contributed by atoms with Crippen molar-refractivity contribution in [2.24, 2.45) is 9.98 Å². The van der Waals surface area contributed by atoms with Crippen LogP contribution in [0.3, 0.4) is 0 Å². The minimum Gasteiger partial charge on any atom is -0.211 e. The summed E-state index contributed by atoms with van der Waals surface area (Å²) in [6.07, 6.45) is 4.02. The van der Waals surface area contributed by atoms with Crippen molar-refractivity contribution in [3.05, 3.63) is 96.1 Å². The average Bonchev–Trinajstić information content (AvgIpc) is 3.19. The lowest BCUT2D eigenvalue weighted by atomic mass is 9.88. The molecule has 31 heavy (non-hydrogen) atoms. The third-order valence-electron chi connectivity index (χ3n) is 5.67. The van der Waals surface area contributed by atoms with Crippen LogP contribution >= 0.6 is 0 Å². The van der Waals surface area contributed by atoms with Gasteiger partial charge in [0.15, 0.2) is 0 Å². The minimum atomic E-state index is 0.574. The second-order valence-corrected chi connectivity index (χ2v) is 7.35. The van der Waals surface area contributed by atoms with E-state index in [-0.39, 0.29) is 0 Å². The van der Waals surface area contributed by atoms with Crippen LogP contribution in [-0.4, -0.2) is 12.2 Å². The van der Waals surface area contributed by atoms with Gasteiger partial charge in [0.25, 0.3) is 0 Å². The van der Waals surface area contributed by atoms with Crippen LogP contribution in [0.25, 0.3) is 33.4 Å². The molecular weight excluding hydrogens is 384 g/mol. The zero-order chi connectivity index (χ0) is 21.2. The van der Waals surface area contributed by atoms with Crippen LogP contribution < -0.4 is 0 Å². The van der Waals surface area contributed by atoms with Gasteiger partial charge in [-0.15, -0.1) is 0 Å². The maximum absolute atomic E-state index is 10.6. The van der Waals surface area contributed by atoms with Gasteiger partial charge in [-0.1, -0.05) is 60.7 Å². The van der Waals surface area contributed by atoms with Gasteiger partial charge in [-0.25, -0.2) is 9.59 Å². The van der Waals surface area contributed by atoms with Gasteiger partial charge in [-0.2, -0.15) is 9.98 Å². The number of carbonyl (C=O) groups excluding carboxylic acids is 2. The first-order valence-corrected chi connectivity index (χ1v) is 9.89. The van der Waals surface area contributed by atoms with Gasteiger partial charge in [-0.05, 0) is 75.2 Å². The Labute approximate surface area is 179 Å². The average molecular weight is 400 g/mol. The molecule has 146 valence electrons. The topological polar surface area (TPSA) is 58.9 Å². The van der Waals surface area contributed by atoms with Crippen LogP contribution in [0.1, 0.15) is 11.1 Å². The van der Waals surface area contributed by atoms with Gasteiger partial charge in [0, 0.05) is 0 Å². The number of aliphatic imine (C=N–C) groups is 2. The normalized spacial score (nSPS) is 11.1. The molecule has 1 aliphatic rings. The second kappa shape index (κ2) is 7.81. The molecule has 4 heteroatoms. The quantitative estimate of drug-likeness (QED) is 0.254. The summed E-state index contributed by atoms with van der Waals surface area (Å²) in [5, 5.41) is 0. The zero-order valence-corrected chi connectivity index (χ0v) is 16.5. The lowest BCUT2D eigenvalue weighted by Gasteiger charge is -2.16. The summed E-state index contributed by atoms with van der Waals surface area (Å²) in [4.78, 5) is 28.5. The zero-order valence-electron chi connectivity index (χ0n) is 16.5. The van der Waals surface area contributed by atoms with Crippen LogP contribution in [0.4, 0.5) is 11.4 Å². The first-order valence-electron chi connectivity index (χ1n) is 9.89. The fourth-order valence-corrected chi connectivity index (χ4v) is 4.31. The number of fused-ring (bicyclic) bond motifs is 3. The monoisotopic (exact) mass is 400 g/mol. The Kier molecular flexibility index (Phi) is 4.70. The number of hydrogen-bond donors (Lipinski definition) is 0. The van der Waals surface area contributed by atoms with E-state index in [2.05, 4.69) is 46.4 Å². The van der Waals surface area contributed by atoms with Crippen molar-refractivity contribution >= 4 is 23.5 Å². The maximum Gasteiger partial charge on any atom is 0.240 e.